The van der Waals surface area contributed by atoms with Gasteiger partial charge >= 0.3 is 0 Å². The van der Waals surface area contributed by atoms with Crippen LogP contribution in [-0.2, 0) is 22.0 Å². The predicted molar refractivity (Wildman–Crippen MR) is 334 cm³/mol. The Morgan fingerprint density at radius 1 is 0.741 bits per heavy atom. The number of furan rings is 1. The van der Waals surface area contributed by atoms with Crippen LogP contribution < -0.4 is 14.5 Å². The Balaban J connectivity index is 0.741. The molecule has 5 nitrogen and oxygen atoms in total. The van der Waals surface area contributed by atoms with Crippen molar-refractivity contribution in [3.63, 3.8) is 0 Å². The number of anilines is 2. The maximum atomic E-state index is 7.16. The molecule has 1 saturated carbocycles. The van der Waals surface area contributed by atoms with E-state index in [1.165, 1.54) is 97.3 Å². The fourth-order valence-corrected chi connectivity index (χ4v) is 19.0. The van der Waals surface area contributed by atoms with Gasteiger partial charge in [-0.2, -0.15) is 0 Å². The molecule has 81 heavy (non-hydrogen) atoms. The SMILES string of the molecule is CCC1CC=CC2C3=CCC(N(c4ccc5c(c4)C(C)(C)C4=C5C=CCC4)C4C=Cc5cc6c(cc5C4)oc4cc(N(C5=CCC7c8cccc(C(C)(C)C)c8OC7C5)C5=CCC7C8CCC=CC8C(C)(C)C7C5)ccc46)CC3OC12. The van der Waals surface area contributed by atoms with Crippen molar-refractivity contribution in [3.05, 3.63) is 183 Å². The van der Waals surface area contributed by atoms with Crippen molar-refractivity contribution >= 4 is 45.0 Å². The summed E-state index contributed by atoms with van der Waals surface area (Å²) >= 11 is 0. The summed E-state index contributed by atoms with van der Waals surface area (Å²) in [4.78, 5) is 5.49. The highest BCUT2D eigenvalue weighted by molar-refractivity contribution is 6.07. The standard InChI is InChI=1S/C76H84N2O3/c1-9-44-16-14-19-60-57-33-28-51(42-70(57)80-72(44)60)77(48-26-31-55-53-17-10-12-21-63(53)75(5,6)66(55)39-48)47-25-24-45-37-62-59-35-30-50(41-69(59)79-68(62)38-46(45)36-47)78(49-27-32-56-54-18-11-13-22-64(54)76(7,8)67(56)40-49)52-29-34-58-61-20-15-23-65(74(2,3)4)73(61)81-71(58)43-52/h10,13-15,17,19-20,22-27,29-31,33,35,37-39,41,44,47,51,54,56,58,60,64,67,70-72H,9,11-12,16,18,21,28,32,34,36,40,42-43H2,1-8H3. The molecule has 5 heteroatoms. The summed E-state index contributed by atoms with van der Waals surface area (Å²) in [6.45, 7) is 19.4. The Kier molecular flexibility index (Phi) is 11.6. The molecule has 3 heterocycles. The lowest BCUT2D eigenvalue weighted by atomic mass is 9.70. The van der Waals surface area contributed by atoms with Gasteiger partial charge in [0.05, 0.1) is 18.2 Å². The van der Waals surface area contributed by atoms with Gasteiger partial charge in [0.25, 0.3) is 0 Å². The van der Waals surface area contributed by atoms with Crippen LogP contribution in [0.5, 0.6) is 5.75 Å². The van der Waals surface area contributed by atoms with Crippen molar-refractivity contribution in [3.8, 4) is 5.75 Å². The third kappa shape index (κ3) is 7.77. The smallest absolute Gasteiger partial charge is 0.137 e. The quantitative estimate of drug-likeness (QED) is 0.152. The van der Waals surface area contributed by atoms with Crippen LogP contribution in [0.3, 0.4) is 0 Å². The largest absolute Gasteiger partial charge is 0.489 e. The van der Waals surface area contributed by atoms with Gasteiger partial charge in [-0.15, -0.1) is 0 Å². The molecule has 12 atom stereocenters. The van der Waals surface area contributed by atoms with E-state index in [0.717, 1.165) is 93.0 Å². The molecule has 1 saturated heterocycles. The van der Waals surface area contributed by atoms with Gasteiger partial charge in [-0.3, -0.25) is 0 Å². The second-order valence-corrected chi connectivity index (χ2v) is 29.0. The molecule has 2 fully saturated rings. The van der Waals surface area contributed by atoms with E-state index in [4.69, 9.17) is 13.9 Å². The lowest BCUT2D eigenvalue weighted by Crippen LogP contribution is -2.47. The van der Waals surface area contributed by atoms with Crippen molar-refractivity contribution in [2.45, 2.75) is 186 Å². The lowest BCUT2D eigenvalue weighted by Gasteiger charge is -2.43. The highest BCUT2D eigenvalue weighted by Crippen LogP contribution is 2.63. The number of fused-ring (bicyclic) bond motifs is 15. The van der Waals surface area contributed by atoms with E-state index in [-0.39, 0.29) is 34.5 Å². The monoisotopic (exact) mass is 1070 g/mol. The zero-order valence-corrected chi connectivity index (χ0v) is 49.4. The summed E-state index contributed by atoms with van der Waals surface area (Å²) < 4.78 is 21.4. The number of hydrogen-bond donors (Lipinski definition) is 0. The predicted octanol–water partition coefficient (Wildman–Crippen LogP) is 18.7. The third-order valence-electron chi connectivity index (χ3n) is 23.1. The van der Waals surface area contributed by atoms with Crippen molar-refractivity contribution in [2.24, 2.45) is 40.9 Å². The number of hydrogen-bond acceptors (Lipinski definition) is 5. The Bertz CT molecular complexity index is 3710. The van der Waals surface area contributed by atoms with Crippen LogP contribution in [0.1, 0.15) is 172 Å². The topological polar surface area (TPSA) is 38.1 Å². The van der Waals surface area contributed by atoms with E-state index >= 15 is 0 Å². The van der Waals surface area contributed by atoms with Crippen molar-refractivity contribution in [1.82, 2.24) is 0 Å². The molecule has 0 bridgehead atoms. The van der Waals surface area contributed by atoms with E-state index < -0.39 is 0 Å². The molecule has 0 radical (unpaired) electrons. The molecule has 5 aromatic rings. The fraction of sp³-hybridized carbons (Fsp3) is 0.474. The molecular weight excluding hydrogens is 989 g/mol. The molecule has 416 valence electrons. The second kappa shape index (κ2) is 18.5. The van der Waals surface area contributed by atoms with Gasteiger partial charge in [-0.1, -0.05) is 158 Å². The van der Waals surface area contributed by atoms with Gasteiger partial charge in [0.15, 0.2) is 0 Å². The summed E-state index contributed by atoms with van der Waals surface area (Å²) in [5, 5.41) is 2.39. The number of ether oxygens (including phenoxy) is 2. The van der Waals surface area contributed by atoms with E-state index in [2.05, 4.69) is 199 Å². The maximum absolute atomic E-state index is 7.16. The summed E-state index contributed by atoms with van der Waals surface area (Å²) in [5.74, 6) is 5.35. The number of nitrogens with zero attached hydrogens (tertiary/aromatic N) is 2. The van der Waals surface area contributed by atoms with E-state index in [1.54, 1.807) is 5.57 Å². The molecule has 4 aromatic carbocycles. The number of para-hydroxylation sites is 1. The highest BCUT2D eigenvalue weighted by Gasteiger charge is 2.55. The van der Waals surface area contributed by atoms with E-state index in [9.17, 15) is 0 Å². The van der Waals surface area contributed by atoms with Crippen molar-refractivity contribution < 1.29 is 13.9 Å². The Morgan fingerprint density at radius 3 is 2.47 bits per heavy atom. The summed E-state index contributed by atoms with van der Waals surface area (Å²) in [7, 11) is 0. The van der Waals surface area contributed by atoms with Gasteiger partial charge < -0.3 is 23.7 Å². The summed E-state index contributed by atoms with van der Waals surface area (Å²) in [6.07, 6.45) is 42.4. The van der Waals surface area contributed by atoms with Crippen LogP contribution in [0.15, 0.2) is 154 Å². The molecule has 0 N–H and O–H groups in total. The fourth-order valence-electron chi connectivity index (χ4n) is 19.0. The lowest BCUT2D eigenvalue weighted by molar-refractivity contribution is -0.00404. The minimum Gasteiger partial charge on any atom is -0.489 e. The Morgan fingerprint density at radius 2 is 1.59 bits per heavy atom. The molecule has 1 aromatic heterocycles. The Hall–Kier alpha value is -6.04. The van der Waals surface area contributed by atoms with Crippen molar-refractivity contribution in [1.29, 1.82) is 0 Å². The van der Waals surface area contributed by atoms with Gasteiger partial charge in [0.1, 0.15) is 23.0 Å². The average molecular weight is 1070 g/mol. The molecular formula is C76H84N2O3. The maximum Gasteiger partial charge on any atom is 0.137 e. The van der Waals surface area contributed by atoms with Crippen LogP contribution in [0, 0.1) is 40.9 Å². The summed E-state index contributed by atoms with van der Waals surface area (Å²) in [6, 6.07) is 26.8. The molecule has 0 amide bonds. The zero-order chi connectivity index (χ0) is 54.8. The summed E-state index contributed by atoms with van der Waals surface area (Å²) in [5.41, 5.74) is 20.5. The first-order chi connectivity index (χ1) is 39.2. The van der Waals surface area contributed by atoms with Crippen LogP contribution >= 0.6 is 0 Å². The van der Waals surface area contributed by atoms with Crippen LogP contribution in [0.25, 0.3) is 33.6 Å². The van der Waals surface area contributed by atoms with E-state index in [1.807, 2.05) is 0 Å². The first-order valence-electron chi connectivity index (χ1n) is 31.9. The van der Waals surface area contributed by atoms with Gasteiger partial charge in [0, 0.05) is 74.9 Å². The number of benzene rings is 4. The molecule has 9 aliphatic carbocycles. The molecule has 11 aliphatic rings. The minimum absolute atomic E-state index is 0.00489. The zero-order valence-electron chi connectivity index (χ0n) is 49.4. The average Bonchev–Trinajstić information content (AvgIpc) is 4.44. The van der Waals surface area contributed by atoms with Crippen molar-refractivity contribution in [2.75, 3.05) is 9.80 Å². The van der Waals surface area contributed by atoms with Crippen LogP contribution in [0.4, 0.5) is 11.4 Å². The Labute approximate surface area is 482 Å². The number of allylic oxidation sites excluding steroid dienone is 10. The molecule has 12 unspecified atom stereocenters. The first kappa shape index (κ1) is 50.7. The first-order valence-corrected chi connectivity index (χ1v) is 31.9. The van der Waals surface area contributed by atoms with Gasteiger partial charge in [-0.05, 0) is 186 Å². The number of rotatable bonds is 7. The minimum atomic E-state index is 0.00489. The third-order valence-corrected chi connectivity index (χ3v) is 23.1. The van der Waals surface area contributed by atoms with Gasteiger partial charge in [0.2, 0.25) is 0 Å². The normalized spacial score (nSPS) is 32.4. The van der Waals surface area contributed by atoms with E-state index in [0.29, 0.717) is 41.7 Å². The second-order valence-electron chi connectivity index (χ2n) is 29.0. The molecule has 16 rings (SSSR count). The van der Waals surface area contributed by atoms with Crippen LogP contribution in [-0.4, -0.2) is 30.4 Å². The highest BCUT2D eigenvalue weighted by atomic mass is 16.5. The van der Waals surface area contributed by atoms with Crippen LogP contribution in [0.2, 0.25) is 0 Å². The molecule has 0 spiro atoms. The molecule has 2 aliphatic heterocycles. The van der Waals surface area contributed by atoms with Gasteiger partial charge in [-0.25, -0.2) is 0 Å².